The van der Waals surface area contributed by atoms with E-state index in [9.17, 15) is 19.8 Å². The molecule has 4 saturated heterocycles. The van der Waals surface area contributed by atoms with Crippen molar-refractivity contribution in [2.75, 3.05) is 35.4 Å². The maximum Gasteiger partial charge on any atom is 0.320 e. The summed E-state index contributed by atoms with van der Waals surface area (Å²) in [6.07, 6.45) is -6.79. The Labute approximate surface area is 385 Å². The number of aliphatic hydroxyl groups is 2. The lowest BCUT2D eigenvalue weighted by molar-refractivity contribution is -0.319. The number of carbonyl (C=O) groups excluding carboxylic acids is 3. The van der Waals surface area contributed by atoms with Gasteiger partial charge in [-0.2, -0.15) is 0 Å². The third kappa shape index (κ3) is 10.8. The molecule has 0 amide bonds. The minimum absolute atomic E-state index is 0.115. The zero-order chi connectivity index (χ0) is 47.6. The van der Waals surface area contributed by atoms with E-state index in [2.05, 4.69) is 0 Å². The molecule has 1 aromatic carbocycles. The monoisotopic (exact) mass is 924 g/mol. The van der Waals surface area contributed by atoms with E-state index in [-0.39, 0.29) is 37.2 Å². The third-order valence-electron chi connectivity index (χ3n) is 14.9. The molecular weight excluding hydrogens is 847 g/mol. The lowest BCUT2D eigenvalue weighted by Gasteiger charge is -2.50. The van der Waals surface area contributed by atoms with Crippen LogP contribution in [0, 0.1) is 29.6 Å². The topological polar surface area (TPSA) is 178 Å². The highest BCUT2D eigenvalue weighted by molar-refractivity contribution is 7.99. The maximum absolute atomic E-state index is 15.0. The quantitative estimate of drug-likeness (QED) is 0.249. The van der Waals surface area contributed by atoms with Crippen LogP contribution in [0.3, 0.4) is 0 Å². The van der Waals surface area contributed by atoms with Crippen molar-refractivity contribution >= 4 is 29.5 Å². The maximum atomic E-state index is 15.0. The van der Waals surface area contributed by atoms with Crippen molar-refractivity contribution in [3.63, 3.8) is 0 Å². The van der Waals surface area contributed by atoms with Crippen LogP contribution in [-0.4, -0.2) is 152 Å². The molecule has 19 atom stereocenters. The fourth-order valence-corrected chi connectivity index (χ4v) is 12.3. The summed E-state index contributed by atoms with van der Waals surface area (Å²) in [7, 11) is 8.47. The lowest BCUT2D eigenvalue weighted by atomic mass is 9.70. The number of ketones is 1. The average Bonchev–Trinajstić information content (AvgIpc) is 3.52. The molecule has 2 N–H and O–H groups in total. The Morgan fingerprint density at radius 1 is 0.844 bits per heavy atom. The van der Waals surface area contributed by atoms with E-state index >= 15 is 4.79 Å². The normalized spacial score (nSPS) is 43.9. The van der Waals surface area contributed by atoms with Gasteiger partial charge in [0.15, 0.2) is 18.2 Å². The molecule has 16 heteroatoms. The van der Waals surface area contributed by atoms with Gasteiger partial charge in [-0.3, -0.25) is 14.4 Å². The molecule has 0 aromatic heterocycles. The second kappa shape index (κ2) is 21.3. The van der Waals surface area contributed by atoms with Gasteiger partial charge >= 0.3 is 11.9 Å². The van der Waals surface area contributed by atoms with Crippen molar-refractivity contribution in [1.29, 1.82) is 0 Å². The molecule has 4 heterocycles. The van der Waals surface area contributed by atoms with Crippen molar-refractivity contribution < 1.29 is 67.2 Å². The number of esters is 2. The number of rotatable bonds is 12. The van der Waals surface area contributed by atoms with Gasteiger partial charge < -0.3 is 57.7 Å². The second-order valence-electron chi connectivity index (χ2n) is 19.7. The van der Waals surface area contributed by atoms with Gasteiger partial charge in [0.25, 0.3) is 0 Å². The summed E-state index contributed by atoms with van der Waals surface area (Å²) in [5.74, 6) is -3.78. The number of ether oxygens (including phenoxy) is 9. The number of Topliss-reactive ketones (excluding diaryl/α,β-unsaturated/α-hetero) is 1. The zero-order valence-electron chi connectivity index (χ0n) is 40.7. The SMILES string of the molecule is CC[C@H]1OC(=O)[C@H](C)[C@@H](O[C@H]2C[C@@](C)(OC)[C@@H](O)[C@@H](C)O2)[C@H](C)[C@@H](O[C@@H]2O[C@H](C)C[C@H](N(C)C)[C@H]2O)[C@](C)(OC)C[C@@H](C)C(=O)C(C)C2C(SCc3ccc(OC)cc3)C(=O)O[C@@]21C. The molecule has 15 nitrogen and oxygen atoms in total. The summed E-state index contributed by atoms with van der Waals surface area (Å²) in [4.78, 5) is 46.0. The molecule has 364 valence electrons. The van der Waals surface area contributed by atoms with Gasteiger partial charge in [-0.25, -0.2) is 0 Å². The number of carbonyl (C=O) groups is 3. The lowest BCUT2D eigenvalue weighted by Crippen LogP contribution is -2.61. The Hall–Kier alpha value is -2.38. The first-order valence-corrected chi connectivity index (χ1v) is 24.0. The van der Waals surface area contributed by atoms with E-state index in [0.29, 0.717) is 17.9 Å². The molecular formula is C48H77NO14S. The summed E-state index contributed by atoms with van der Waals surface area (Å²) in [5, 5.41) is 22.1. The Kier molecular flexibility index (Phi) is 17.5. The summed E-state index contributed by atoms with van der Waals surface area (Å²) < 4.78 is 57.0. The smallest absolute Gasteiger partial charge is 0.320 e. The van der Waals surface area contributed by atoms with E-state index in [0.717, 1.165) is 5.56 Å². The first kappa shape index (κ1) is 52.6. The molecule has 0 aliphatic carbocycles. The molecule has 3 unspecified atom stereocenters. The number of methoxy groups -OCH3 is 3. The van der Waals surface area contributed by atoms with Gasteiger partial charge in [0.1, 0.15) is 35.1 Å². The van der Waals surface area contributed by atoms with E-state index in [4.69, 9.17) is 42.6 Å². The fourth-order valence-electron chi connectivity index (χ4n) is 10.8. The van der Waals surface area contributed by atoms with E-state index in [1.165, 1.54) is 18.9 Å². The summed E-state index contributed by atoms with van der Waals surface area (Å²) >= 11 is 1.40. The Balaban J connectivity index is 1.62. The van der Waals surface area contributed by atoms with Crippen LogP contribution in [0.1, 0.15) is 100 Å². The third-order valence-corrected chi connectivity index (χ3v) is 16.2. The van der Waals surface area contributed by atoms with Crippen molar-refractivity contribution in [1.82, 2.24) is 4.90 Å². The summed E-state index contributed by atoms with van der Waals surface area (Å²) in [6.45, 7) is 18.3. The number of thioether (sulfide) groups is 1. The van der Waals surface area contributed by atoms with Gasteiger partial charge in [-0.1, -0.05) is 39.8 Å². The van der Waals surface area contributed by atoms with Gasteiger partial charge in [-0.15, -0.1) is 11.8 Å². The standard InChI is InChI=1S/C48H77NO14S/c1-16-34-48(10)36(40(44(54)63-48)64-24-31-17-19-32(55-13)20-18-31)27(4)37(50)25(2)22-47(9,57-15)42(62-45-38(51)33(49(11)12)21-26(3)58-45)28(5)39(29(6)43(53)60-34)61-35-23-46(8,56-14)41(52)30(7)59-35/h17-20,25-30,33-36,38-42,45,51-52H,16,21-24H2,1-15H3/t25-,26-,27?,28+,29-,30-,33+,34-,35+,36?,38-,39+,40?,41+,42-,45+,46-,47-,48-/m1/s1. The number of nitrogens with zero attached hydrogens (tertiary/aromatic N) is 1. The van der Waals surface area contributed by atoms with Crippen LogP contribution in [0.15, 0.2) is 24.3 Å². The minimum Gasteiger partial charge on any atom is -0.497 e. The van der Waals surface area contributed by atoms with Gasteiger partial charge in [-0.05, 0) is 92.6 Å². The zero-order valence-corrected chi connectivity index (χ0v) is 41.5. The van der Waals surface area contributed by atoms with Crippen molar-refractivity contribution in [2.45, 2.75) is 184 Å². The highest BCUT2D eigenvalue weighted by atomic mass is 32.2. The molecule has 4 aliphatic rings. The highest BCUT2D eigenvalue weighted by Gasteiger charge is 2.62. The number of fused-ring (bicyclic) bond motifs is 1. The molecule has 1 aromatic rings. The summed E-state index contributed by atoms with van der Waals surface area (Å²) in [6, 6.07) is 7.31. The van der Waals surface area contributed by atoms with Gasteiger partial charge in [0, 0.05) is 56.1 Å². The van der Waals surface area contributed by atoms with Crippen LogP contribution in [-0.2, 0) is 58.0 Å². The second-order valence-corrected chi connectivity index (χ2v) is 20.8. The van der Waals surface area contributed by atoms with Crippen molar-refractivity contribution in [3.8, 4) is 5.75 Å². The predicted octanol–water partition coefficient (Wildman–Crippen LogP) is 5.57. The number of likely N-dealkylation sites (N-methyl/N-ethyl adjacent to an activating group) is 1. The molecule has 0 saturated carbocycles. The average molecular weight is 924 g/mol. The molecule has 0 spiro atoms. The first-order chi connectivity index (χ1) is 30.0. The number of hydrogen-bond donors (Lipinski definition) is 2. The van der Waals surface area contributed by atoms with Crippen molar-refractivity contribution in [2.24, 2.45) is 29.6 Å². The molecule has 5 rings (SSSR count). The van der Waals surface area contributed by atoms with E-state index in [1.54, 1.807) is 41.9 Å². The fraction of sp³-hybridized carbons (Fsp3) is 0.812. The highest BCUT2D eigenvalue weighted by Crippen LogP contribution is 2.50. The predicted molar refractivity (Wildman–Crippen MR) is 240 cm³/mol. The molecule has 0 bridgehead atoms. The van der Waals surface area contributed by atoms with Crippen LogP contribution in [0.2, 0.25) is 0 Å². The number of aliphatic hydroxyl groups excluding tert-OH is 2. The molecule has 4 aliphatic heterocycles. The summed E-state index contributed by atoms with van der Waals surface area (Å²) in [5.41, 5.74) is -2.70. The first-order valence-electron chi connectivity index (χ1n) is 22.9. The Morgan fingerprint density at radius 3 is 2.06 bits per heavy atom. The molecule has 4 fully saturated rings. The van der Waals surface area contributed by atoms with Crippen LogP contribution >= 0.6 is 11.8 Å². The van der Waals surface area contributed by atoms with Crippen molar-refractivity contribution in [3.05, 3.63) is 29.8 Å². The van der Waals surface area contributed by atoms with Gasteiger partial charge in [0.05, 0.1) is 48.6 Å². The molecule has 64 heavy (non-hydrogen) atoms. The van der Waals surface area contributed by atoms with Crippen LogP contribution in [0.4, 0.5) is 0 Å². The minimum atomic E-state index is -1.37. The molecule has 0 radical (unpaired) electrons. The Bertz CT molecular complexity index is 1740. The Morgan fingerprint density at radius 2 is 1.48 bits per heavy atom. The van der Waals surface area contributed by atoms with Crippen LogP contribution < -0.4 is 4.74 Å². The number of cyclic esters (lactones) is 1. The number of benzene rings is 1. The van der Waals surface area contributed by atoms with E-state index in [1.807, 2.05) is 84.8 Å². The largest absolute Gasteiger partial charge is 0.497 e. The van der Waals surface area contributed by atoms with Crippen LogP contribution in [0.25, 0.3) is 0 Å². The van der Waals surface area contributed by atoms with Crippen LogP contribution in [0.5, 0.6) is 5.75 Å². The van der Waals surface area contributed by atoms with E-state index < -0.39 is 113 Å². The number of hydrogen-bond acceptors (Lipinski definition) is 16. The van der Waals surface area contributed by atoms with Gasteiger partial charge in [0.2, 0.25) is 0 Å².